The fourth-order valence-electron chi connectivity index (χ4n) is 2.46. The smallest absolute Gasteiger partial charge is 0.263 e. The van der Waals surface area contributed by atoms with Crippen LogP contribution in [-0.4, -0.2) is 27.2 Å². The summed E-state index contributed by atoms with van der Waals surface area (Å²) in [5, 5.41) is 9.32. The second kappa shape index (κ2) is 6.93. The lowest BCUT2D eigenvalue weighted by molar-refractivity contribution is 0.414. The predicted octanol–water partition coefficient (Wildman–Crippen LogP) is 4.32. The summed E-state index contributed by atoms with van der Waals surface area (Å²) in [4.78, 5) is 13.8. The summed E-state index contributed by atoms with van der Waals surface area (Å²) < 4.78 is 10.7. The SMILES string of the molecule is COc1ccc(Nc2ncncc2-c2nc(-c3cccs3)no2)c(C)c1. The average molecular weight is 365 g/mol. The monoisotopic (exact) mass is 365 g/mol. The Balaban J connectivity index is 1.67. The van der Waals surface area contributed by atoms with Gasteiger partial charge in [-0.15, -0.1) is 11.3 Å². The summed E-state index contributed by atoms with van der Waals surface area (Å²) in [5.74, 6) is 2.30. The lowest BCUT2D eigenvalue weighted by atomic mass is 10.2. The number of hydrogen-bond acceptors (Lipinski definition) is 8. The van der Waals surface area contributed by atoms with Gasteiger partial charge in [0, 0.05) is 11.9 Å². The van der Waals surface area contributed by atoms with E-state index in [-0.39, 0.29) is 0 Å². The molecule has 4 rings (SSSR count). The number of benzene rings is 1. The Morgan fingerprint density at radius 2 is 2.15 bits per heavy atom. The molecular formula is C18H15N5O2S. The van der Waals surface area contributed by atoms with Crippen molar-refractivity contribution in [3.05, 3.63) is 53.8 Å². The third-order valence-corrected chi connectivity index (χ3v) is 4.66. The van der Waals surface area contributed by atoms with Crippen LogP contribution in [0.15, 0.2) is 52.8 Å². The van der Waals surface area contributed by atoms with Gasteiger partial charge in [0.1, 0.15) is 23.5 Å². The number of nitrogens with one attached hydrogen (secondary N) is 1. The molecule has 0 saturated carbocycles. The lowest BCUT2D eigenvalue weighted by Gasteiger charge is -2.11. The Hall–Kier alpha value is -3.26. The molecule has 0 bridgehead atoms. The van der Waals surface area contributed by atoms with E-state index in [4.69, 9.17) is 9.26 Å². The van der Waals surface area contributed by atoms with Gasteiger partial charge in [-0.2, -0.15) is 4.98 Å². The molecular weight excluding hydrogens is 350 g/mol. The maximum absolute atomic E-state index is 5.43. The van der Waals surface area contributed by atoms with Crippen molar-refractivity contribution in [2.75, 3.05) is 12.4 Å². The van der Waals surface area contributed by atoms with Gasteiger partial charge >= 0.3 is 0 Å². The number of methoxy groups -OCH3 is 1. The van der Waals surface area contributed by atoms with Gasteiger partial charge in [-0.3, -0.25) is 0 Å². The molecule has 3 heterocycles. The van der Waals surface area contributed by atoms with Crippen molar-refractivity contribution < 1.29 is 9.26 Å². The van der Waals surface area contributed by atoms with Gasteiger partial charge in [0.25, 0.3) is 5.89 Å². The van der Waals surface area contributed by atoms with Crippen LogP contribution in [0.25, 0.3) is 22.2 Å². The second-order valence-corrected chi connectivity index (χ2v) is 6.44. The van der Waals surface area contributed by atoms with Crippen molar-refractivity contribution in [3.8, 4) is 27.9 Å². The molecule has 26 heavy (non-hydrogen) atoms. The van der Waals surface area contributed by atoms with Crippen molar-refractivity contribution >= 4 is 22.8 Å². The molecule has 0 saturated heterocycles. The predicted molar refractivity (Wildman–Crippen MR) is 99.7 cm³/mol. The molecule has 0 radical (unpaired) electrons. The van der Waals surface area contributed by atoms with E-state index in [1.807, 2.05) is 42.6 Å². The first-order valence-corrected chi connectivity index (χ1v) is 8.72. The summed E-state index contributed by atoms with van der Waals surface area (Å²) in [7, 11) is 1.64. The summed E-state index contributed by atoms with van der Waals surface area (Å²) >= 11 is 1.55. The van der Waals surface area contributed by atoms with Crippen LogP contribution in [0.2, 0.25) is 0 Å². The first kappa shape index (κ1) is 16.2. The Labute approximate surface area is 153 Å². The third-order valence-electron chi connectivity index (χ3n) is 3.80. The number of hydrogen-bond donors (Lipinski definition) is 1. The molecule has 0 amide bonds. The quantitative estimate of drug-likeness (QED) is 0.564. The van der Waals surface area contributed by atoms with Crippen LogP contribution < -0.4 is 10.1 Å². The maximum Gasteiger partial charge on any atom is 0.263 e. The molecule has 0 aliphatic heterocycles. The molecule has 7 nitrogen and oxygen atoms in total. The van der Waals surface area contributed by atoms with Crippen LogP contribution in [-0.2, 0) is 0 Å². The summed E-state index contributed by atoms with van der Waals surface area (Å²) in [6, 6.07) is 9.66. The van der Waals surface area contributed by atoms with Crippen molar-refractivity contribution in [2.24, 2.45) is 0 Å². The minimum absolute atomic E-state index is 0.364. The molecule has 1 N–H and O–H groups in total. The van der Waals surface area contributed by atoms with Crippen LogP contribution >= 0.6 is 11.3 Å². The van der Waals surface area contributed by atoms with Crippen molar-refractivity contribution in [3.63, 3.8) is 0 Å². The van der Waals surface area contributed by atoms with Crippen LogP contribution in [0.5, 0.6) is 5.75 Å². The topological polar surface area (TPSA) is 86.0 Å². The Morgan fingerprint density at radius 3 is 2.92 bits per heavy atom. The molecule has 0 aliphatic rings. The minimum Gasteiger partial charge on any atom is -0.497 e. The summed E-state index contributed by atoms with van der Waals surface area (Å²) in [6.45, 7) is 1.99. The minimum atomic E-state index is 0.364. The van der Waals surface area contributed by atoms with E-state index in [1.54, 1.807) is 24.6 Å². The number of nitrogens with zero attached hydrogens (tertiary/aromatic N) is 4. The average Bonchev–Trinajstić information content (AvgIpc) is 3.35. The molecule has 0 aliphatic carbocycles. The number of anilines is 2. The molecule has 0 fully saturated rings. The highest BCUT2D eigenvalue weighted by molar-refractivity contribution is 7.13. The zero-order valence-electron chi connectivity index (χ0n) is 14.1. The second-order valence-electron chi connectivity index (χ2n) is 5.49. The lowest BCUT2D eigenvalue weighted by Crippen LogP contribution is -1.99. The van der Waals surface area contributed by atoms with E-state index in [0.29, 0.717) is 23.1 Å². The van der Waals surface area contributed by atoms with E-state index in [2.05, 4.69) is 25.4 Å². The highest BCUT2D eigenvalue weighted by Gasteiger charge is 2.16. The number of aryl methyl sites for hydroxylation is 1. The van der Waals surface area contributed by atoms with Crippen molar-refractivity contribution in [1.29, 1.82) is 0 Å². The number of rotatable bonds is 5. The van der Waals surface area contributed by atoms with E-state index < -0.39 is 0 Å². The Kier molecular flexibility index (Phi) is 4.32. The van der Waals surface area contributed by atoms with Gasteiger partial charge in [0.05, 0.1) is 12.0 Å². The van der Waals surface area contributed by atoms with E-state index in [1.165, 1.54) is 6.33 Å². The number of aromatic nitrogens is 4. The molecule has 0 unspecified atom stereocenters. The van der Waals surface area contributed by atoms with Crippen LogP contribution in [0.4, 0.5) is 11.5 Å². The van der Waals surface area contributed by atoms with Crippen LogP contribution in [0, 0.1) is 6.92 Å². The largest absolute Gasteiger partial charge is 0.497 e. The highest BCUT2D eigenvalue weighted by atomic mass is 32.1. The van der Waals surface area contributed by atoms with Gasteiger partial charge in [0.15, 0.2) is 0 Å². The Morgan fingerprint density at radius 1 is 1.23 bits per heavy atom. The number of thiophene rings is 1. The maximum atomic E-state index is 5.43. The normalized spacial score (nSPS) is 10.7. The summed E-state index contributed by atoms with van der Waals surface area (Å²) in [6.07, 6.45) is 3.13. The highest BCUT2D eigenvalue weighted by Crippen LogP contribution is 2.31. The van der Waals surface area contributed by atoms with Gasteiger partial charge in [-0.1, -0.05) is 11.2 Å². The van der Waals surface area contributed by atoms with Gasteiger partial charge < -0.3 is 14.6 Å². The fraction of sp³-hybridized carbons (Fsp3) is 0.111. The standard InChI is InChI=1S/C18H15N5O2S/c1-11-8-12(24-2)5-6-14(11)21-16-13(9-19-10-20-16)18-22-17(23-25-18)15-4-3-7-26-15/h3-10H,1-2H3,(H,19,20,21). The van der Waals surface area contributed by atoms with E-state index in [0.717, 1.165) is 21.9 Å². The van der Waals surface area contributed by atoms with Gasteiger partial charge in [0.2, 0.25) is 5.82 Å². The molecule has 0 atom stereocenters. The zero-order chi connectivity index (χ0) is 17.9. The van der Waals surface area contributed by atoms with E-state index >= 15 is 0 Å². The van der Waals surface area contributed by atoms with Gasteiger partial charge in [-0.25, -0.2) is 9.97 Å². The van der Waals surface area contributed by atoms with Crippen LogP contribution in [0.1, 0.15) is 5.56 Å². The van der Waals surface area contributed by atoms with Gasteiger partial charge in [-0.05, 0) is 42.1 Å². The third kappa shape index (κ3) is 3.14. The molecule has 3 aromatic heterocycles. The zero-order valence-corrected chi connectivity index (χ0v) is 14.9. The van der Waals surface area contributed by atoms with Crippen molar-refractivity contribution in [2.45, 2.75) is 6.92 Å². The molecule has 8 heteroatoms. The van der Waals surface area contributed by atoms with Crippen LogP contribution in [0.3, 0.4) is 0 Å². The first-order chi connectivity index (χ1) is 12.7. The molecule has 0 spiro atoms. The molecule has 130 valence electrons. The number of ether oxygens (including phenoxy) is 1. The van der Waals surface area contributed by atoms with E-state index in [9.17, 15) is 0 Å². The van der Waals surface area contributed by atoms with Crippen molar-refractivity contribution in [1.82, 2.24) is 20.1 Å². The fourth-order valence-corrected chi connectivity index (χ4v) is 3.10. The molecule has 4 aromatic rings. The molecule has 1 aromatic carbocycles. The summed E-state index contributed by atoms with van der Waals surface area (Å²) in [5.41, 5.74) is 2.57. The Bertz CT molecular complexity index is 1030. The first-order valence-electron chi connectivity index (χ1n) is 7.84.